The topological polar surface area (TPSA) is 28.7 Å². The Balaban J connectivity index is 2.02. The summed E-state index contributed by atoms with van der Waals surface area (Å²) in [6.45, 7) is 4.32. The molecule has 0 spiro atoms. The second-order valence-corrected chi connectivity index (χ2v) is 6.23. The number of unbranched alkanes of at least 4 members (excludes halogenated alkanes) is 1. The predicted molar refractivity (Wildman–Crippen MR) is 74.1 cm³/mol. The van der Waals surface area contributed by atoms with E-state index in [-0.39, 0.29) is 0 Å². The van der Waals surface area contributed by atoms with E-state index < -0.39 is 0 Å². The van der Waals surface area contributed by atoms with Gasteiger partial charge in [0, 0.05) is 5.75 Å². The molecule has 1 aromatic heterocycles. The molecule has 0 aliphatic carbocycles. The van der Waals surface area contributed by atoms with Crippen LogP contribution >= 0.6 is 21.6 Å². The molecule has 2 rings (SSSR count). The highest BCUT2D eigenvalue weighted by molar-refractivity contribution is 8.76. The van der Waals surface area contributed by atoms with Crippen molar-refractivity contribution < 1.29 is 0 Å². The summed E-state index contributed by atoms with van der Waals surface area (Å²) < 4.78 is 0. The second-order valence-electron chi connectivity index (χ2n) is 3.82. The molecule has 16 heavy (non-hydrogen) atoms. The summed E-state index contributed by atoms with van der Waals surface area (Å²) in [5, 5.41) is 1.02. The second kappa shape index (κ2) is 5.64. The van der Waals surface area contributed by atoms with Gasteiger partial charge in [0.1, 0.15) is 0 Å². The van der Waals surface area contributed by atoms with Crippen LogP contribution < -0.4 is 0 Å². The molecule has 0 bridgehead atoms. The first-order valence-electron chi connectivity index (χ1n) is 5.55. The number of aryl methyl sites for hydroxylation is 1. The summed E-state index contributed by atoms with van der Waals surface area (Å²) in [5.74, 6) is 1.19. The molecule has 4 heteroatoms. The number of aromatic nitrogens is 2. The van der Waals surface area contributed by atoms with Crippen LogP contribution in [0.2, 0.25) is 0 Å². The van der Waals surface area contributed by atoms with Crippen LogP contribution in [0, 0.1) is 6.92 Å². The molecule has 0 saturated heterocycles. The number of imidazole rings is 1. The van der Waals surface area contributed by atoms with E-state index in [4.69, 9.17) is 0 Å². The van der Waals surface area contributed by atoms with Crippen molar-refractivity contribution in [1.29, 1.82) is 0 Å². The molecule has 0 saturated carbocycles. The van der Waals surface area contributed by atoms with Gasteiger partial charge < -0.3 is 4.98 Å². The zero-order valence-corrected chi connectivity index (χ0v) is 11.3. The van der Waals surface area contributed by atoms with Gasteiger partial charge in [-0.2, -0.15) is 0 Å². The van der Waals surface area contributed by atoms with E-state index in [1.54, 1.807) is 10.8 Å². The summed E-state index contributed by atoms with van der Waals surface area (Å²) in [6, 6.07) is 6.31. The van der Waals surface area contributed by atoms with Gasteiger partial charge in [-0.3, -0.25) is 0 Å². The first-order valence-corrected chi connectivity index (χ1v) is 7.87. The quantitative estimate of drug-likeness (QED) is 0.631. The van der Waals surface area contributed by atoms with E-state index in [1.165, 1.54) is 24.2 Å². The van der Waals surface area contributed by atoms with Gasteiger partial charge in [0.05, 0.1) is 11.0 Å². The van der Waals surface area contributed by atoms with Gasteiger partial charge in [-0.1, -0.05) is 30.2 Å². The molecule has 0 amide bonds. The summed E-state index contributed by atoms with van der Waals surface area (Å²) in [6.07, 6.45) is 2.53. The van der Waals surface area contributed by atoms with Crippen molar-refractivity contribution in [2.75, 3.05) is 5.75 Å². The molecule has 0 aliphatic heterocycles. The average molecular weight is 252 g/mol. The first-order chi connectivity index (χ1) is 7.79. The third-order valence-corrected chi connectivity index (χ3v) is 4.59. The van der Waals surface area contributed by atoms with Crippen LogP contribution in [0.3, 0.4) is 0 Å². The van der Waals surface area contributed by atoms with E-state index in [2.05, 4.69) is 42.0 Å². The van der Waals surface area contributed by atoms with Gasteiger partial charge in [0.2, 0.25) is 0 Å². The molecule has 2 aromatic rings. The molecule has 0 fully saturated rings. The van der Waals surface area contributed by atoms with Gasteiger partial charge in [0.25, 0.3) is 0 Å². The number of benzene rings is 1. The standard InChI is InChI=1S/C12H16N2S2/c1-3-4-7-15-16-12-13-10-6-5-9(2)8-11(10)14-12/h5-6,8H,3-4,7H2,1-2H3,(H,13,14). The lowest BCUT2D eigenvalue weighted by Crippen LogP contribution is -1.74. The monoisotopic (exact) mass is 252 g/mol. The molecular weight excluding hydrogens is 236 g/mol. The minimum atomic E-state index is 1.02. The normalized spacial score (nSPS) is 11.1. The fourth-order valence-corrected chi connectivity index (χ4v) is 3.50. The number of hydrogen-bond donors (Lipinski definition) is 1. The van der Waals surface area contributed by atoms with Gasteiger partial charge in [-0.05, 0) is 41.8 Å². The minimum Gasteiger partial charge on any atom is -0.332 e. The van der Waals surface area contributed by atoms with Gasteiger partial charge in [-0.25, -0.2) is 4.98 Å². The molecule has 0 unspecified atom stereocenters. The molecule has 0 aliphatic rings. The molecule has 2 nitrogen and oxygen atoms in total. The molecule has 0 radical (unpaired) electrons. The predicted octanol–water partition coefficient (Wildman–Crippen LogP) is 4.41. The molecular formula is C12H16N2S2. The summed E-state index contributed by atoms with van der Waals surface area (Å²) in [7, 11) is 3.62. The Morgan fingerprint density at radius 2 is 2.25 bits per heavy atom. The van der Waals surface area contributed by atoms with Gasteiger partial charge in [0.15, 0.2) is 5.16 Å². The third-order valence-electron chi connectivity index (χ3n) is 2.33. The maximum atomic E-state index is 4.54. The van der Waals surface area contributed by atoms with Crippen LogP contribution in [0.5, 0.6) is 0 Å². The third kappa shape index (κ3) is 2.95. The fraction of sp³-hybridized carbons (Fsp3) is 0.417. The van der Waals surface area contributed by atoms with Gasteiger partial charge >= 0.3 is 0 Å². The Kier molecular flexibility index (Phi) is 4.18. The first kappa shape index (κ1) is 11.9. The average Bonchev–Trinajstić information content (AvgIpc) is 2.66. The zero-order valence-electron chi connectivity index (χ0n) is 9.62. The maximum absolute atomic E-state index is 4.54. The highest BCUT2D eigenvalue weighted by atomic mass is 33.1. The molecule has 1 aromatic carbocycles. The van der Waals surface area contributed by atoms with Crippen molar-refractivity contribution in [2.45, 2.75) is 31.8 Å². The Morgan fingerprint density at radius 3 is 3.06 bits per heavy atom. The van der Waals surface area contributed by atoms with E-state index in [0.29, 0.717) is 0 Å². The Labute approximate surface area is 104 Å². The summed E-state index contributed by atoms with van der Waals surface area (Å²) in [4.78, 5) is 7.88. The lowest BCUT2D eigenvalue weighted by Gasteiger charge is -1.94. The van der Waals surface area contributed by atoms with Crippen molar-refractivity contribution in [3.63, 3.8) is 0 Å². The number of rotatable bonds is 5. The number of hydrogen-bond acceptors (Lipinski definition) is 3. The Bertz CT molecular complexity index is 465. The molecule has 1 heterocycles. The highest BCUT2D eigenvalue weighted by Gasteiger charge is 2.03. The van der Waals surface area contributed by atoms with Crippen LogP contribution in [0.1, 0.15) is 25.3 Å². The highest BCUT2D eigenvalue weighted by Crippen LogP contribution is 2.30. The van der Waals surface area contributed by atoms with Crippen molar-refractivity contribution in [3.8, 4) is 0 Å². The summed E-state index contributed by atoms with van der Waals surface area (Å²) in [5.41, 5.74) is 3.47. The molecule has 0 atom stereocenters. The smallest absolute Gasteiger partial charge is 0.177 e. The van der Waals surface area contributed by atoms with Crippen LogP contribution in [0.15, 0.2) is 23.4 Å². The van der Waals surface area contributed by atoms with E-state index in [9.17, 15) is 0 Å². The largest absolute Gasteiger partial charge is 0.332 e. The van der Waals surface area contributed by atoms with Crippen LogP contribution in [0.4, 0.5) is 0 Å². The Morgan fingerprint density at radius 1 is 1.38 bits per heavy atom. The van der Waals surface area contributed by atoms with Crippen molar-refractivity contribution >= 4 is 32.6 Å². The minimum absolute atomic E-state index is 1.02. The van der Waals surface area contributed by atoms with Crippen molar-refractivity contribution in [2.24, 2.45) is 0 Å². The lowest BCUT2D eigenvalue weighted by atomic mass is 10.2. The number of nitrogens with zero attached hydrogens (tertiary/aromatic N) is 1. The van der Waals surface area contributed by atoms with Crippen LogP contribution in [0.25, 0.3) is 11.0 Å². The Hall–Kier alpha value is -0.610. The van der Waals surface area contributed by atoms with E-state index in [1.807, 2.05) is 10.8 Å². The van der Waals surface area contributed by atoms with Crippen molar-refractivity contribution in [1.82, 2.24) is 9.97 Å². The summed E-state index contributed by atoms with van der Waals surface area (Å²) >= 11 is 0. The number of aromatic amines is 1. The number of nitrogens with one attached hydrogen (secondary N) is 1. The SMILES string of the molecule is CCCCSSc1nc2ccc(C)cc2[nH]1. The number of fused-ring (bicyclic) bond motifs is 1. The maximum Gasteiger partial charge on any atom is 0.177 e. The van der Waals surface area contributed by atoms with Crippen LogP contribution in [-0.4, -0.2) is 15.7 Å². The van der Waals surface area contributed by atoms with E-state index in [0.717, 1.165) is 16.2 Å². The van der Waals surface area contributed by atoms with Crippen LogP contribution in [-0.2, 0) is 0 Å². The molecule has 1 N–H and O–H groups in total. The zero-order chi connectivity index (χ0) is 11.4. The number of H-pyrrole nitrogens is 1. The van der Waals surface area contributed by atoms with Gasteiger partial charge in [-0.15, -0.1) is 0 Å². The fourth-order valence-electron chi connectivity index (χ4n) is 1.44. The van der Waals surface area contributed by atoms with E-state index >= 15 is 0 Å². The van der Waals surface area contributed by atoms with Crippen molar-refractivity contribution in [3.05, 3.63) is 23.8 Å². The molecule has 86 valence electrons. The lowest BCUT2D eigenvalue weighted by molar-refractivity contribution is 0.898.